The molecule has 1 aromatic rings. The maximum absolute atomic E-state index is 6.32. The highest BCUT2D eigenvalue weighted by atomic mass is 79.9. The zero-order chi connectivity index (χ0) is 13.0. The van der Waals surface area contributed by atoms with E-state index in [-0.39, 0.29) is 6.04 Å². The number of thiophene rings is 1. The second-order valence-electron chi connectivity index (χ2n) is 4.58. The van der Waals surface area contributed by atoms with Gasteiger partial charge in [-0.15, -0.1) is 11.3 Å². The first kappa shape index (κ1) is 15.2. The lowest BCUT2D eigenvalue weighted by Gasteiger charge is -2.36. The van der Waals surface area contributed by atoms with Gasteiger partial charge in [-0.25, -0.2) is 0 Å². The number of rotatable bonds is 6. The topological polar surface area (TPSA) is 29.3 Å². The molecule has 0 fully saturated rings. The van der Waals surface area contributed by atoms with Crippen LogP contribution in [0.25, 0.3) is 0 Å². The Morgan fingerprint density at radius 2 is 2.00 bits per heavy atom. The summed E-state index contributed by atoms with van der Waals surface area (Å²) < 4.78 is 1.18. The molecule has 0 aliphatic heterocycles. The summed E-state index contributed by atoms with van der Waals surface area (Å²) in [5, 5.41) is 0. The molecule has 2 atom stereocenters. The minimum absolute atomic E-state index is 0.197. The molecule has 0 aromatic carbocycles. The van der Waals surface area contributed by atoms with E-state index in [4.69, 9.17) is 5.73 Å². The van der Waals surface area contributed by atoms with Gasteiger partial charge in [0, 0.05) is 17.0 Å². The summed E-state index contributed by atoms with van der Waals surface area (Å²) in [5.41, 5.74) is 6.32. The Morgan fingerprint density at radius 1 is 1.35 bits per heavy atom. The lowest BCUT2D eigenvalue weighted by molar-refractivity contribution is 0.140. The van der Waals surface area contributed by atoms with Crippen molar-refractivity contribution in [2.45, 2.75) is 52.2 Å². The van der Waals surface area contributed by atoms with Crippen LogP contribution in [0.3, 0.4) is 0 Å². The van der Waals surface area contributed by atoms with Crippen molar-refractivity contribution in [3.63, 3.8) is 0 Å². The molecule has 0 radical (unpaired) electrons. The maximum Gasteiger partial charge on any atom is 0.0702 e. The van der Waals surface area contributed by atoms with E-state index in [1.54, 1.807) is 11.3 Å². The van der Waals surface area contributed by atoms with Gasteiger partial charge in [0.2, 0.25) is 0 Å². The van der Waals surface area contributed by atoms with Gasteiger partial charge < -0.3 is 5.73 Å². The van der Waals surface area contributed by atoms with E-state index in [0.29, 0.717) is 12.1 Å². The van der Waals surface area contributed by atoms with Crippen LogP contribution in [0.4, 0.5) is 0 Å². The highest BCUT2D eigenvalue weighted by molar-refractivity contribution is 9.11. The van der Waals surface area contributed by atoms with Gasteiger partial charge in [0.25, 0.3) is 0 Å². The molecule has 1 aromatic heterocycles. The summed E-state index contributed by atoms with van der Waals surface area (Å²) in [6.07, 6.45) is 1.00. The molecular formula is C13H23BrN2S. The van der Waals surface area contributed by atoms with Gasteiger partial charge in [-0.05, 0) is 54.9 Å². The second kappa shape index (κ2) is 6.88. The molecule has 0 aliphatic rings. The number of nitrogens with two attached hydrogens (primary N) is 1. The summed E-state index contributed by atoms with van der Waals surface area (Å²) >= 11 is 5.33. The molecule has 0 aliphatic carbocycles. The Balaban J connectivity index is 3.02. The molecule has 2 nitrogen and oxygen atoms in total. The predicted octanol–water partition coefficient (Wildman–Crippen LogP) is 4.02. The third kappa shape index (κ3) is 3.78. The summed E-state index contributed by atoms with van der Waals surface area (Å²) in [4.78, 5) is 3.84. The van der Waals surface area contributed by atoms with Crippen LogP contribution in [0, 0.1) is 0 Å². The van der Waals surface area contributed by atoms with Crippen molar-refractivity contribution in [1.82, 2.24) is 4.90 Å². The lowest BCUT2D eigenvalue weighted by Crippen LogP contribution is -2.43. The van der Waals surface area contributed by atoms with Gasteiger partial charge in [-0.1, -0.05) is 13.8 Å². The van der Waals surface area contributed by atoms with Crippen LogP contribution in [0.1, 0.15) is 45.0 Å². The number of hydrogen-bond acceptors (Lipinski definition) is 3. The first-order valence-electron chi connectivity index (χ1n) is 6.27. The smallest absolute Gasteiger partial charge is 0.0702 e. The molecule has 0 spiro atoms. The number of hydrogen-bond donors (Lipinski definition) is 1. The summed E-state index contributed by atoms with van der Waals surface area (Å²) in [6, 6.07) is 5.36. The molecule has 17 heavy (non-hydrogen) atoms. The molecule has 0 saturated carbocycles. The number of likely N-dealkylation sites (N-methyl/N-ethyl adjacent to an activating group) is 1. The van der Waals surface area contributed by atoms with Gasteiger partial charge in [-0.2, -0.15) is 0 Å². The van der Waals surface area contributed by atoms with Crippen LogP contribution in [-0.2, 0) is 0 Å². The molecule has 98 valence electrons. The Labute approximate surface area is 117 Å². The molecule has 1 heterocycles. The third-order valence-electron chi connectivity index (χ3n) is 3.15. The first-order chi connectivity index (χ1) is 8.01. The van der Waals surface area contributed by atoms with Crippen LogP contribution in [-0.4, -0.2) is 23.5 Å². The number of nitrogens with zero attached hydrogens (tertiary/aromatic N) is 1. The van der Waals surface area contributed by atoms with E-state index in [1.165, 1.54) is 8.66 Å². The van der Waals surface area contributed by atoms with Gasteiger partial charge in [0.05, 0.1) is 9.83 Å². The van der Waals surface area contributed by atoms with Crippen LogP contribution < -0.4 is 5.73 Å². The average Bonchev–Trinajstić information content (AvgIpc) is 2.70. The molecular weight excluding hydrogens is 296 g/mol. The van der Waals surface area contributed by atoms with Crippen LogP contribution in [0.2, 0.25) is 0 Å². The molecule has 0 amide bonds. The van der Waals surface area contributed by atoms with E-state index in [9.17, 15) is 0 Å². The standard InChI is InChI=1S/C13H23BrN2S/c1-5-10(15)13(16(6-2)9(3)4)11-7-8-12(14)17-11/h7-10,13H,5-6,15H2,1-4H3. The Kier molecular flexibility index (Phi) is 6.13. The highest BCUT2D eigenvalue weighted by Crippen LogP contribution is 2.34. The quantitative estimate of drug-likeness (QED) is 0.858. The van der Waals surface area contributed by atoms with Gasteiger partial charge >= 0.3 is 0 Å². The monoisotopic (exact) mass is 318 g/mol. The fourth-order valence-corrected chi connectivity index (χ4v) is 3.84. The van der Waals surface area contributed by atoms with Gasteiger partial charge in [0.1, 0.15) is 0 Å². The van der Waals surface area contributed by atoms with Crippen LogP contribution in [0.15, 0.2) is 15.9 Å². The van der Waals surface area contributed by atoms with E-state index in [0.717, 1.165) is 13.0 Å². The molecule has 0 bridgehead atoms. The summed E-state index contributed by atoms with van der Waals surface area (Å²) in [6.45, 7) is 9.88. The van der Waals surface area contributed by atoms with E-state index < -0.39 is 0 Å². The first-order valence-corrected chi connectivity index (χ1v) is 7.88. The van der Waals surface area contributed by atoms with Crippen molar-refractivity contribution < 1.29 is 0 Å². The molecule has 4 heteroatoms. The van der Waals surface area contributed by atoms with Crippen molar-refractivity contribution in [3.05, 3.63) is 20.8 Å². The van der Waals surface area contributed by atoms with E-state index in [1.807, 2.05) is 0 Å². The minimum Gasteiger partial charge on any atom is -0.326 e. The summed E-state index contributed by atoms with van der Waals surface area (Å²) in [5.74, 6) is 0. The Morgan fingerprint density at radius 3 is 2.35 bits per heavy atom. The van der Waals surface area contributed by atoms with Crippen molar-refractivity contribution in [3.8, 4) is 0 Å². The molecule has 1 rings (SSSR count). The summed E-state index contributed by atoms with van der Waals surface area (Å²) in [7, 11) is 0. The molecule has 2 N–H and O–H groups in total. The van der Waals surface area contributed by atoms with Crippen molar-refractivity contribution in [2.75, 3.05) is 6.54 Å². The van der Waals surface area contributed by atoms with Crippen LogP contribution in [0.5, 0.6) is 0 Å². The average molecular weight is 319 g/mol. The van der Waals surface area contributed by atoms with E-state index >= 15 is 0 Å². The Hall–Kier alpha value is 0.1000. The predicted molar refractivity (Wildman–Crippen MR) is 80.5 cm³/mol. The fourth-order valence-electron chi connectivity index (χ4n) is 2.21. The second-order valence-corrected chi connectivity index (χ2v) is 7.08. The largest absolute Gasteiger partial charge is 0.326 e. The van der Waals surface area contributed by atoms with Gasteiger partial charge in [0.15, 0.2) is 0 Å². The van der Waals surface area contributed by atoms with Crippen molar-refractivity contribution >= 4 is 27.3 Å². The zero-order valence-corrected chi connectivity index (χ0v) is 13.5. The van der Waals surface area contributed by atoms with Crippen molar-refractivity contribution in [2.24, 2.45) is 5.73 Å². The Bertz CT molecular complexity index is 338. The van der Waals surface area contributed by atoms with Gasteiger partial charge in [-0.3, -0.25) is 4.90 Å². The lowest BCUT2D eigenvalue weighted by atomic mass is 10.0. The number of halogens is 1. The highest BCUT2D eigenvalue weighted by Gasteiger charge is 2.27. The third-order valence-corrected chi connectivity index (χ3v) is 4.84. The molecule has 0 saturated heterocycles. The fraction of sp³-hybridized carbons (Fsp3) is 0.692. The van der Waals surface area contributed by atoms with Crippen molar-refractivity contribution in [1.29, 1.82) is 0 Å². The van der Waals surface area contributed by atoms with Crippen LogP contribution >= 0.6 is 27.3 Å². The minimum atomic E-state index is 0.197. The zero-order valence-electron chi connectivity index (χ0n) is 11.1. The SMILES string of the molecule is CCC(N)C(c1ccc(Br)s1)N(CC)C(C)C. The molecule has 2 unspecified atom stereocenters. The normalized spacial score (nSPS) is 15.5. The maximum atomic E-state index is 6.32. The van der Waals surface area contributed by atoms with E-state index in [2.05, 4.69) is 60.7 Å².